The topological polar surface area (TPSA) is 54.5 Å². The Bertz CT molecular complexity index is 650. The highest BCUT2D eigenvalue weighted by atomic mass is 19.1. The molecule has 0 radical (unpaired) electrons. The van der Waals surface area contributed by atoms with E-state index in [0.29, 0.717) is 38.9 Å². The van der Waals surface area contributed by atoms with Gasteiger partial charge in [-0.25, -0.2) is 14.2 Å². The molecule has 1 saturated heterocycles. The minimum Gasteiger partial charge on any atom is -0.466 e. The molecule has 0 aromatic carbocycles. The number of pyridine rings is 1. The molecule has 5 nitrogen and oxygen atoms in total. The van der Waals surface area contributed by atoms with Gasteiger partial charge in [-0.2, -0.15) is 0 Å². The summed E-state index contributed by atoms with van der Waals surface area (Å²) in [7, 11) is 1.35. The van der Waals surface area contributed by atoms with Crippen molar-refractivity contribution >= 4 is 11.8 Å². The maximum atomic E-state index is 15.0. The maximum absolute atomic E-state index is 15.0. The number of likely N-dealkylation sites (tertiary alicyclic amines) is 1. The van der Waals surface area contributed by atoms with E-state index in [1.807, 2.05) is 11.0 Å². The fourth-order valence-electron chi connectivity index (χ4n) is 3.50. The molecule has 0 saturated carbocycles. The molecule has 0 bridgehead atoms. The van der Waals surface area contributed by atoms with Crippen molar-refractivity contribution in [1.82, 2.24) is 9.88 Å². The number of hydrogen-bond acceptors (Lipinski definition) is 5. The Morgan fingerprint density at radius 3 is 3.24 bits per heavy atom. The van der Waals surface area contributed by atoms with Crippen molar-refractivity contribution in [2.45, 2.75) is 37.8 Å². The number of alkyl halides is 1. The smallest absolute Gasteiger partial charge is 0.330 e. The third-order valence-corrected chi connectivity index (χ3v) is 4.98. The molecule has 2 aliphatic heterocycles. The molecular formula is C19H26FN3O2. The highest BCUT2D eigenvalue weighted by molar-refractivity contribution is 5.81. The predicted octanol–water partition coefficient (Wildman–Crippen LogP) is 2.52. The maximum Gasteiger partial charge on any atom is 0.330 e. The van der Waals surface area contributed by atoms with Crippen LogP contribution in [-0.4, -0.2) is 54.8 Å². The van der Waals surface area contributed by atoms with Crippen LogP contribution in [0, 0.1) is 0 Å². The van der Waals surface area contributed by atoms with Crippen molar-refractivity contribution in [2.75, 3.05) is 38.6 Å². The molecule has 1 atom stereocenters. The standard InChI is InChI=1S/C19H26FN3O2/c1-25-17(24)5-3-12-23-13-10-19(20,14-23)9-8-16-7-6-15-4-2-11-21-18(15)22-16/h3,5-7H,2,4,8-14H2,1H3,(H,21,22)/b5-3+/t19-/m1/s1. The Labute approximate surface area is 148 Å². The van der Waals surface area contributed by atoms with Gasteiger partial charge in [0, 0.05) is 37.9 Å². The summed E-state index contributed by atoms with van der Waals surface area (Å²) in [5, 5.41) is 3.33. The quantitative estimate of drug-likeness (QED) is 0.633. The molecule has 3 heterocycles. The summed E-state index contributed by atoms with van der Waals surface area (Å²) in [6.07, 6.45) is 6.99. The lowest BCUT2D eigenvalue weighted by Crippen LogP contribution is -2.30. The number of methoxy groups -OCH3 is 1. The number of ether oxygens (including phenoxy) is 1. The van der Waals surface area contributed by atoms with Gasteiger partial charge in [0.15, 0.2) is 0 Å². The Morgan fingerprint density at radius 2 is 2.40 bits per heavy atom. The van der Waals surface area contributed by atoms with Crippen LogP contribution < -0.4 is 5.32 Å². The molecule has 0 unspecified atom stereocenters. The summed E-state index contributed by atoms with van der Waals surface area (Å²) in [5.74, 6) is 0.593. The number of nitrogens with one attached hydrogen (secondary N) is 1. The normalized spacial score (nSPS) is 23.4. The molecule has 1 aromatic heterocycles. The molecule has 3 rings (SSSR count). The molecule has 1 aromatic rings. The van der Waals surface area contributed by atoms with E-state index in [1.165, 1.54) is 18.7 Å². The lowest BCUT2D eigenvalue weighted by molar-refractivity contribution is -0.134. The van der Waals surface area contributed by atoms with E-state index < -0.39 is 5.67 Å². The number of rotatable bonds is 6. The van der Waals surface area contributed by atoms with E-state index in [1.54, 1.807) is 6.08 Å². The van der Waals surface area contributed by atoms with E-state index in [0.717, 1.165) is 30.9 Å². The van der Waals surface area contributed by atoms with Gasteiger partial charge in [0.25, 0.3) is 0 Å². The van der Waals surface area contributed by atoms with Gasteiger partial charge in [-0.1, -0.05) is 12.1 Å². The third kappa shape index (κ3) is 4.78. The Morgan fingerprint density at radius 1 is 1.52 bits per heavy atom. The van der Waals surface area contributed by atoms with Gasteiger partial charge >= 0.3 is 5.97 Å². The zero-order chi connectivity index (χ0) is 17.7. The first-order valence-electron chi connectivity index (χ1n) is 8.96. The summed E-state index contributed by atoms with van der Waals surface area (Å²) in [5.41, 5.74) is 1.04. The molecule has 0 aliphatic carbocycles. The van der Waals surface area contributed by atoms with Crippen molar-refractivity contribution in [3.8, 4) is 0 Å². The lowest BCUT2D eigenvalue weighted by atomic mass is 9.97. The van der Waals surface area contributed by atoms with Crippen LogP contribution in [0.4, 0.5) is 10.2 Å². The molecule has 1 N–H and O–H groups in total. The van der Waals surface area contributed by atoms with Crippen LogP contribution in [0.3, 0.4) is 0 Å². The lowest BCUT2D eigenvalue weighted by Gasteiger charge is -2.21. The van der Waals surface area contributed by atoms with Gasteiger partial charge in [0.1, 0.15) is 11.5 Å². The monoisotopic (exact) mass is 347 g/mol. The second kappa shape index (κ2) is 7.95. The van der Waals surface area contributed by atoms with E-state index in [4.69, 9.17) is 0 Å². The average Bonchev–Trinajstić information content (AvgIpc) is 3.01. The Balaban J connectivity index is 1.49. The molecule has 2 aliphatic rings. The number of hydrogen-bond donors (Lipinski definition) is 1. The zero-order valence-electron chi connectivity index (χ0n) is 14.8. The van der Waals surface area contributed by atoms with Crippen LogP contribution >= 0.6 is 0 Å². The van der Waals surface area contributed by atoms with E-state index >= 15 is 4.39 Å². The number of aryl methyl sites for hydroxylation is 2. The predicted molar refractivity (Wildman–Crippen MR) is 95.4 cm³/mol. The number of carbonyl (C=O) groups excluding carboxylic acids is 1. The summed E-state index contributed by atoms with van der Waals surface area (Å²) in [6.45, 7) is 2.65. The van der Waals surface area contributed by atoms with Crippen LogP contribution in [0.25, 0.3) is 0 Å². The molecule has 0 amide bonds. The summed E-state index contributed by atoms with van der Waals surface area (Å²) in [4.78, 5) is 17.7. The summed E-state index contributed by atoms with van der Waals surface area (Å²) >= 11 is 0. The van der Waals surface area contributed by atoms with Gasteiger partial charge in [-0.05, 0) is 43.7 Å². The minimum absolute atomic E-state index is 0.377. The minimum atomic E-state index is -1.18. The van der Waals surface area contributed by atoms with Gasteiger partial charge in [-0.3, -0.25) is 4.90 Å². The van der Waals surface area contributed by atoms with Gasteiger partial charge in [0.05, 0.1) is 7.11 Å². The zero-order valence-corrected chi connectivity index (χ0v) is 14.8. The second-order valence-corrected chi connectivity index (χ2v) is 6.90. The SMILES string of the molecule is COC(=O)/C=C/CN1CC[C@](F)(CCc2ccc3c(n2)NCCC3)C1. The number of fused-ring (bicyclic) bond motifs is 1. The Kier molecular flexibility index (Phi) is 5.68. The highest BCUT2D eigenvalue weighted by Gasteiger charge is 2.37. The fraction of sp³-hybridized carbons (Fsp3) is 0.579. The van der Waals surface area contributed by atoms with Gasteiger partial charge in [0.2, 0.25) is 0 Å². The second-order valence-electron chi connectivity index (χ2n) is 6.90. The van der Waals surface area contributed by atoms with Crippen LogP contribution in [0.1, 0.15) is 30.5 Å². The van der Waals surface area contributed by atoms with Crippen molar-refractivity contribution in [1.29, 1.82) is 0 Å². The number of aromatic nitrogens is 1. The fourth-order valence-corrected chi connectivity index (χ4v) is 3.50. The van der Waals surface area contributed by atoms with E-state index in [2.05, 4.69) is 21.1 Å². The van der Waals surface area contributed by atoms with E-state index in [9.17, 15) is 4.79 Å². The molecule has 1 fully saturated rings. The average molecular weight is 347 g/mol. The van der Waals surface area contributed by atoms with Gasteiger partial charge < -0.3 is 10.1 Å². The summed E-state index contributed by atoms with van der Waals surface area (Å²) in [6, 6.07) is 4.15. The number of esters is 1. The molecular weight excluding hydrogens is 321 g/mol. The van der Waals surface area contributed by atoms with E-state index in [-0.39, 0.29) is 5.97 Å². The van der Waals surface area contributed by atoms with Crippen molar-refractivity contribution in [3.63, 3.8) is 0 Å². The number of carbonyl (C=O) groups is 1. The van der Waals surface area contributed by atoms with Crippen LogP contribution in [0.5, 0.6) is 0 Å². The highest BCUT2D eigenvalue weighted by Crippen LogP contribution is 2.30. The molecule has 136 valence electrons. The van der Waals surface area contributed by atoms with Gasteiger partial charge in [-0.15, -0.1) is 0 Å². The number of nitrogens with zero attached hydrogens (tertiary/aromatic N) is 2. The number of anilines is 1. The van der Waals surface area contributed by atoms with Crippen molar-refractivity contribution in [3.05, 3.63) is 35.5 Å². The largest absolute Gasteiger partial charge is 0.466 e. The molecule has 0 spiro atoms. The molecule has 6 heteroatoms. The Hall–Kier alpha value is -1.95. The first-order valence-corrected chi connectivity index (χ1v) is 8.96. The van der Waals surface area contributed by atoms with Crippen LogP contribution in [-0.2, 0) is 22.4 Å². The first-order chi connectivity index (χ1) is 12.1. The van der Waals surface area contributed by atoms with Crippen LogP contribution in [0.15, 0.2) is 24.3 Å². The summed E-state index contributed by atoms with van der Waals surface area (Å²) < 4.78 is 19.6. The molecule has 25 heavy (non-hydrogen) atoms. The van der Waals surface area contributed by atoms with Crippen molar-refractivity contribution in [2.24, 2.45) is 0 Å². The van der Waals surface area contributed by atoms with Crippen molar-refractivity contribution < 1.29 is 13.9 Å². The third-order valence-electron chi connectivity index (χ3n) is 4.98. The number of halogens is 1. The van der Waals surface area contributed by atoms with Crippen LogP contribution in [0.2, 0.25) is 0 Å². The first kappa shape index (κ1) is 17.9.